The third-order valence-corrected chi connectivity index (χ3v) is 3.09. The SMILES string of the molecule is CC(Oc1cccc(Br)c1)C(=O)NCCCCC(=O)O. The van der Waals surface area contributed by atoms with Crippen LogP contribution in [0.1, 0.15) is 26.2 Å². The van der Waals surface area contributed by atoms with Gasteiger partial charge in [-0.15, -0.1) is 0 Å². The molecule has 1 atom stereocenters. The highest BCUT2D eigenvalue weighted by atomic mass is 79.9. The highest BCUT2D eigenvalue weighted by Crippen LogP contribution is 2.18. The summed E-state index contributed by atoms with van der Waals surface area (Å²) < 4.78 is 6.40. The number of amides is 1. The molecule has 110 valence electrons. The van der Waals surface area contributed by atoms with Crippen LogP contribution in [0, 0.1) is 0 Å². The van der Waals surface area contributed by atoms with Gasteiger partial charge in [0, 0.05) is 17.4 Å². The van der Waals surface area contributed by atoms with Crippen LogP contribution in [0.25, 0.3) is 0 Å². The Morgan fingerprint density at radius 1 is 1.40 bits per heavy atom. The van der Waals surface area contributed by atoms with Crippen molar-refractivity contribution in [1.29, 1.82) is 0 Å². The van der Waals surface area contributed by atoms with Crippen molar-refractivity contribution in [2.24, 2.45) is 0 Å². The Morgan fingerprint density at radius 2 is 2.15 bits per heavy atom. The van der Waals surface area contributed by atoms with Crippen molar-refractivity contribution in [2.45, 2.75) is 32.3 Å². The van der Waals surface area contributed by atoms with Crippen LogP contribution in [0.2, 0.25) is 0 Å². The summed E-state index contributed by atoms with van der Waals surface area (Å²) in [5.41, 5.74) is 0. The third kappa shape index (κ3) is 6.56. The van der Waals surface area contributed by atoms with Crippen LogP contribution in [0.15, 0.2) is 28.7 Å². The molecule has 0 bridgehead atoms. The monoisotopic (exact) mass is 343 g/mol. The van der Waals surface area contributed by atoms with E-state index in [-0.39, 0.29) is 12.3 Å². The van der Waals surface area contributed by atoms with Gasteiger partial charge in [-0.3, -0.25) is 9.59 Å². The molecule has 0 saturated heterocycles. The van der Waals surface area contributed by atoms with E-state index in [1.54, 1.807) is 19.1 Å². The fourth-order valence-electron chi connectivity index (χ4n) is 1.55. The molecule has 0 heterocycles. The number of unbranched alkanes of at least 4 members (excludes halogenated alkanes) is 1. The van der Waals surface area contributed by atoms with Crippen molar-refractivity contribution in [3.63, 3.8) is 0 Å². The van der Waals surface area contributed by atoms with Gasteiger partial charge in [0.15, 0.2) is 6.10 Å². The predicted molar refractivity (Wildman–Crippen MR) is 78.7 cm³/mol. The maximum Gasteiger partial charge on any atom is 0.303 e. The minimum Gasteiger partial charge on any atom is -0.481 e. The fourth-order valence-corrected chi connectivity index (χ4v) is 1.93. The first-order chi connectivity index (χ1) is 9.49. The molecule has 1 aromatic carbocycles. The lowest BCUT2D eigenvalue weighted by molar-refractivity contribution is -0.137. The second kappa shape index (κ2) is 8.58. The number of halogens is 1. The zero-order valence-electron chi connectivity index (χ0n) is 11.3. The molecule has 1 aromatic rings. The molecule has 0 radical (unpaired) electrons. The lowest BCUT2D eigenvalue weighted by Crippen LogP contribution is -2.36. The maximum atomic E-state index is 11.8. The first kappa shape index (κ1) is 16.5. The van der Waals surface area contributed by atoms with Gasteiger partial charge in [-0.05, 0) is 38.0 Å². The van der Waals surface area contributed by atoms with E-state index in [1.165, 1.54) is 0 Å². The normalized spacial score (nSPS) is 11.7. The van der Waals surface area contributed by atoms with Crippen molar-refractivity contribution >= 4 is 27.8 Å². The third-order valence-electron chi connectivity index (χ3n) is 2.59. The number of aliphatic carboxylic acids is 1. The van der Waals surface area contributed by atoms with Gasteiger partial charge < -0.3 is 15.2 Å². The van der Waals surface area contributed by atoms with E-state index in [4.69, 9.17) is 9.84 Å². The summed E-state index contributed by atoms with van der Waals surface area (Å²) in [6.45, 7) is 2.13. The second-order valence-electron chi connectivity index (χ2n) is 4.36. The van der Waals surface area contributed by atoms with Crippen molar-refractivity contribution in [2.75, 3.05) is 6.54 Å². The Balaban J connectivity index is 2.27. The van der Waals surface area contributed by atoms with E-state index in [9.17, 15) is 9.59 Å². The lowest BCUT2D eigenvalue weighted by Gasteiger charge is -2.14. The topological polar surface area (TPSA) is 75.6 Å². The summed E-state index contributed by atoms with van der Waals surface area (Å²) in [6, 6.07) is 7.27. The van der Waals surface area contributed by atoms with E-state index in [1.807, 2.05) is 12.1 Å². The predicted octanol–water partition coefficient (Wildman–Crippen LogP) is 2.59. The number of carbonyl (C=O) groups excluding carboxylic acids is 1. The minimum absolute atomic E-state index is 0.125. The smallest absolute Gasteiger partial charge is 0.303 e. The first-order valence-corrected chi connectivity index (χ1v) is 7.20. The molecule has 6 heteroatoms. The number of nitrogens with one attached hydrogen (secondary N) is 1. The van der Waals surface area contributed by atoms with Gasteiger partial charge in [-0.25, -0.2) is 0 Å². The number of rotatable bonds is 8. The lowest BCUT2D eigenvalue weighted by atomic mass is 10.2. The highest BCUT2D eigenvalue weighted by Gasteiger charge is 2.13. The number of carboxylic acid groups (broad SMARTS) is 1. The molecule has 0 fully saturated rings. The Bertz CT molecular complexity index is 464. The molecule has 0 aromatic heterocycles. The van der Waals surface area contributed by atoms with Crippen LogP contribution >= 0.6 is 15.9 Å². The summed E-state index contributed by atoms with van der Waals surface area (Å²) >= 11 is 3.33. The van der Waals surface area contributed by atoms with E-state index in [0.29, 0.717) is 25.1 Å². The second-order valence-corrected chi connectivity index (χ2v) is 5.28. The van der Waals surface area contributed by atoms with E-state index in [0.717, 1.165) is 4.47 Å². The molecular formula is C14H18BrNO4. The molecule has 5 nitrogen and oxygen atoms in total. The van der Waals surface area contributed by atoms with Gasteiger partial charge in [0.05, 0.1) is 0 Å². The first-order valence-electron chi connectivity index (χ1n) is 6.41. The summed E-state index contributed by atoms with van der Waals surface area (Å²) in [5, 5.41) is 11.2. The molecule has 0 saturated carbocycles. The molecule has 1 rings (SSSR count). The molecule has 0 aliphatic carbocycles. The molecule has 1 amide bonds. The molecule has 20 heavy (non-hydrogen) atoms. The number of hydrogen-bond acceptors (Lipinski definition) is 3. The van der Waals surface area contributed by atoms with Crippen LogP contribution in [0.3, 0.4) is 0 Å². The van der Waals surface area contributed by atoms with Gasteiger partial charge in [0.1, 0.15) is 5.75 Å². The molecule has 2 N–H and O–H groups in total. The van der Waals surface area contributed by atoms with E-state index in [2.05, 4.69) is 21.2 Å². The summed E-state index contributed by atoms with van der Waals surface area (Å²) in [7, 11) is 0. The number of benzene rings is 1. The minimum atomic E-state index is -0.817. The van der Waals surface area contributed by atoms with Crippen LogP contribution in [-0.4, -0.2) is 29.6 Å². The molecule has 0 aliphatic heterocycles. The van der Waals surface area contributed by atoms with Gasteiger partial charge in [0.2, 0.25) is 0 Å². The van der Waals surface area contributed by atoms with Crippen molar-refractivity contribution in [1.82, 2.24) is 5.32 Å². The van der Waals surface area contributed by atoms with Gasteiger partial charge in [0.25, 0.3) is 5.91 Å². The number of ether oxygens (including phenoxy) is 1. The summed E-state index contributed by atoms with van der Waals surface area (Å²) in [6.07, 6.45) is 0.724. The molecule has 0 aliphatic rings. The van der Waals surface area contributed by atoms with Crippen LogP contribution in [0.4, 0.5) is 0 Å². The average molecular weight is 344 g/mol. The maximum absolute atomic E-state index is 11.8. The fraction of sp³-hybridized carbons (Fsp3) is 0.429. The number of hydrogen-bond donors (Lipinski definition) is 2. The van der Waals surface area contributed by atoms with Crippen molar-refractivity contribution in [3.05, 3.63) is 28.7 Å². The molecule has 1 unspecified atom stereocenters. The number of carbonyl (C=O) groups is 2. The van der Waals surface area contributed by atoms with Gasteiger partial charge in [-0.2, -0.15) is 0 Å². The van der Waals surface area contributed by atoms with E-state index >= 15 is 0 Å². The largest absolute Gasteiger partial charge is 0.481 e. The molecule has 0 spiro atoms. The standard InChI is InChI=1S/C14H18BrNO4/c1-10(20-12-6-4-5-11(15)9-12)14(19)16-8-3-2-7-13(17)18/h4-6,9-10H,2-3,7-8H2,1H3,(H,16,19)(H,17,18). The van der Waals surface area contributed by atoms with E-state index < -0.39 is 12.1 Å². The van der Waals surface area contributed by atoms with Crippen molar-refractivity contribution in [3.8, 4) is 5.75 Å². The van der Waals surface area contributed by atoms with Crippen LogP contribution < -0.4 is 10.1 Å². The number of carboxylic acids is 1. The van der Waals surface area contributed by atoms with Crippen LogP contribution in [0.5, 0.6) is 5.75 Å². The Labute approximate surface area is 126 Å². The average Bonchev–Trinajstić information content (AvgIpc) is 2.37. The van der Waals surface area contributed by atoms with Crippen molar-refractivity contribution < 1.29 is 19.4 Å². The quantitative estimate of drug-likeness (QED) is 0.711. The van der Waals surface area contributed by atoms with Crippen LogP contribution in [-0.2, 0) is 9.59 Å². The summed E-state index contributed by atoms with van der Waals surface area (Å²) in [4.78, 5) is 22.1. The van der Waals surface area contributed by atoms with Gasteiger partial charge >= 0.3 is 5.97 Å². The highest BCUT2D eigenvalue weighted by molar-refractivity contribution is 9.10. The molecular weight excluding hydrogens is 326 g/mol. The Kier molecular flexibility index (Phi) is 7.08. The zero-order chi connectivity index (χ0) is 15.0. The zero-order valence-corrected chi connectivity index (χ0v) is 12.9. The van der Waals surface area contributed by atoms with Gasteiger partial charge in [-0.1, -0.05) is 22.0 Å². The summed E-state index contributed by atoms with van der Waals surface area (Å²) in [5.74, 6) is -0.407. The Morgan fingerprint density at radius 3 is 2.80 bits per heavy atom. The Hall–Kier alpha value is -1.56.